The van der Waals surface area contributed by atoms with Crippen LogP contribution in [0.15, 0.2) is 30.6 Å². The van der Waals surface area contributed by atoms with Crippen LogP contribution in [0.2, 0.25) is 0 Å². The molecule has 0 spiro atoms. The van der Waals surface area contributed by atoms with Gasteiger partial charge in [-0.2, -0.15) is 0 Å². The maximum atomic E-state index is 10.5. The number of nitrogens with zero attached hydrogens (tertiary/aromatic N) is 2. The van der Waals surface area contributed by atoms with E-state index in [4.69, 9.17) is 10.5 Å². The van der Waals surface area contributed by atoms with Gasteiger partial charge in [-0.05, 0) is 18.6 Å². The highest BCUT2D eigenvalue weighted by Crippen LogP contribution is 2.39. The minimum Gasteiger partial charge on any atom is -0.386 e. The number of hydrogen-bond donors (Lipinski definition) is 2. The largest absolute Gasteiger partial charge is 0.386 e. The molecule has 3 heterocycles. The van der Waals surface area contributed by atoms with Crippen molar-refractivity contribution < 1.29 is 9.84 Å². The maximum Gasteiger partial charge on any atom is 0.137 e. The normalized spacial score (nSPS) is 25.7. The van der Waals surface area contributed by atoms with Crippen molar-refractivity contribution in [2.24, 2.45) is 11.1 Å². The van der Waals surface area contributed by atoms with Gasteiger partial charge in [-0.1, -0.05) is 6.07 Å². The van der Waals surface area contributed by atoms with Gasteiger partial charge in [0.15, 0.2) is 0 Å². The number of hydrogen-bond acceptors (Lipinski definition) is 4. The maximum absolute atomic E-state index is 10.5. The molecule has 0 aliphatic carbocycles. The van der Waals surface area contributed by atoms with Gasteiger partial charge in [0.05, 0.1) is 12.3 Å². The third-order valence-corrected chi connectivity index (χ3v) is 3.78. The van der Waals surface area contributed by atoms with Crippen molar-refractivity contribution in [3.8, 4) is 0 Å². The topological polar surface area (TPSA) is 72.8 Å². The summed E-state index contributed by atoms with van der Waals surface area (Å²) in [6.45, 7) is 1.56. The lowest BCUT2D eigenvalue weighted by molar-refractivity contribution is 0.0165. The minimum absolute atomic E-state index is 0.391. The Hall–Kier alpha value is -1.43. The van der Waals surface area contributed by atoms with E-state index in [-0.39, 0.29) is 0 Å². The average molecular weight is 247 g/mol. The first-order valence-corrected chi connectivity index (χ1v) is 6.15. The van der Waals surface area contributed by atoms with Crippen LogP contribution in [0.3, 0.4) is 0 Å². The number of aliphatic hydroxyl groups is 1. The molecule has 2 atom stereocenters. The molecule has 1 fully saturated rings. The Morgan fingerprint density at radius 3 is 3.11 bits per heavy atom. The van der Waals surface area contributed by atoms with Crippen LogP contribution in [0.5, 0.6) is 0 Å². The van der Waals surface area contributed by atoms with Crippen molar-refractivity contribution in [1.29, 1.82) is 0 Å². The molecular weight excluding hydrogens is 230 g/mol. The molecule has 1 aliphatic rings. The SMILES string of the molecule is NCC1(C(O)c2cn3ccccc3n2)CCOC1. The molecule has 0 bridgehead atoms. The van der Waals surface area contributed by atoms with Gasteiger partial charge in [0, 0.05) is 31.0 Å². The number of pyridine rings is 1. The van der Waals surface area contributed by atoms with E-state index < -0.39 is 11.5 Å². The van der Waals surface area contributed by atoms with E-state index in [1.807, 2.05) is 35.0 Å². The van der Waals surface area contributed by atoms with E-state index in [0.29, 0.717) is 25.5 Å². The molecule has 5 heteroatoms. The summed E-state index contributed by atoms with van der Waals surface area (Å²) in [4.78, 5) is 4.45. The summed E-state index contributed by atoms with van der Waals surface area (Å²) in [6, 6.07) is 5.77. The fraction of sp³-hybridized carbons (Fsp3) is 0.462. The molecule has 2 aromatic rings. The summed E-state index contributed by atoms with van der Waals surface area (Å²) in [5, 5.41) is 10.5. The highest BCUT2D eigenvalue weighted by Gasteiger charge is 2.42. The molecule has 0 saturated carbocycles. The van der Waals surface area contributed by atoms with E-state index in [2.05, 4.69) is 4.98 Å². The number of fused-ring (bicyclic) bond motifs is 1. The summed E-state index contributed by atoms with van der Waals surface area (Å²) in [6.07, 6.45) is 3.87. The summed E-state index contributed by atoms with van der Waals surface area (Å²) < 4.78 is 7.29. The number of nitrogens with two attached hydrogens (primary N) is 1. The lowest BCUT2D eigenvalue weighted by atomic mass is 9.80. The Bertz CT molecular complexity index is 513. The molecule has 18 heavy (non-hydrogen) atoms. The van der Waals surface area contributed by atoms with Gasteiger partial charge in [0.25, 0.3) is 0 Å². The zero-order chi connectivity index (χ0) is 12.6. The van der Waals surface area contributed by atoms with Crippen molar-refractivity contribution >= 4 is 5.65 Å². The Morgan fingerprint density at radius 1 is 1.56 bits per heavy atom. The molecular formula is C13H17N3O2. The third-order valence-electron chi connectivity index (χ3n) is 3.78. The molecule has 3 rings (SSSR count). The average Bonchev–Trinajstić information content (AvgIpc) is 3.05. The van der Waals surface area contributed by atoms with Crippen LogP contribution >= 0.6 is 0 Å². The summed E-state index contributed by atoms with van der Waals surface area (Å²) in [5.41, 5.74) is 6.93. The fourth-order valence-electron chi connectivity index (χ4n) is 2.51. The van der Waals surface area contributed by atoms with Gasteiger partial charge >= 0.3 is 0 Å². The minimum atomic E-state index is -0.676. The number of imidazole rings is 1. The van der Waals surface area contributed by atoms with E-state index in [9.17, 15) is 5.11 Å². The first-order chi connectivity index (χ1) is 8.75. The second-order valence-electron chi connectivity index (χ2n) is 4.90. The van der Waals surface area contributed by atoms with Crippen molar-refractivity contribution in [1.82, 2.24) is 9.38 Å². The van der Waals surface area contributed by atoms with Crippen LogP contribution in [-0.4, -0.2) is 34.2 Å². The number of aliphatic hydroxyl groups excluding tert-OH is 1. The fourth-order valence-corrected chi connectivity index (χ4v) is 2.51. The molecule has 2 unspecified atom stereocenters. The van der Waals surface area contributed by atoms with Gasteiger partial charge < -0.3 is 20.0 Å². The molecule has 0 radical (unpaired) electrons. The van der Waals surface area contributed by atoms with Crippen molar-refractivity contribution in [2.75, 3.05) is 19.8 Å². The van der Waals surface area contributed by atoms with E-state index in [0.717, 1.165) is 12.1 Å². The van der Waals surface area contributed by atoms with Crippen molar-refractivity contribution in [3.63, 3.8) is 0 Å². The van der Waals surface area contributed by atoms with Crippen LogP contribution in [0, 0.1) is 5.41 Å². The zero-order valence-electron chi connectivity index (χ0n) is 10.1. The van der Waals surface area contributed by atoms with Gasteiger partial charge in [0.1, 0.15) is 11.8 Å². The Labute approximate surface area is 105 Å². The molecule has 0 aromatic carbocycles. The molecule has 1 saturated heterocycles. The predicted molar refractivity (Wildman–Crippen MR) is 67.1 cm³/mol. The smallest absolute Gasteiger partial charge is 0.137 e. The van der Waals surface area contributed by atoms with Crippen molar-refractivity contribution in [3.05, 3.63) is 36.3 Å². The van der Waals surface area contributed by atoms with E-state index in [1.165, 1.54) is 0 Å². The number of aromatic nitrogens is 2. The summed E-state index contributed by atoms with van der Waals surface area (Å²) in [5.74, 6) is 0. The van der Waals surface area contributed by atoms with Crippen molar-refractivity contribution in [2.45, 2.75) is 12.5 Å². The second-order valence-corrected chi connectivity index (χ2v) is 4.90. The standard InChI is InChI=1S/C13H17N3O2/c14-8-13(4-6-18-9-13)12(17)10-7-16-5-2-1-3-11(16)15-10/h1-3,5,7,12,17H,4,6,8-9,14H2. The molecule has 96 valence electrons. The number of ether oxygens (including phenoxy) is 1. The first-order valence-electron chi connectivity index (χ1n) is 6.15. The van der Waals surface area contributed by atoms with Gasteiger partial charge in [-0.25, -0.2) is 4.98 Å². The molecule has 1 aliphatic heterocycles. The third kappa shape index (κ3) is 1.71. The van der Waals surface area contributed by atoms with E-state index >= 15 is 0 Å². The van der Waals surface area contributed by atoms with Crippen LogP contribution in [0.25, 0.3) is 5.65 Å². The Balaban J connectivity index is 1.98. The van der Waals surface area contributed by atoms with Crippen LogP contribution in [0.4, 0.5) is 0 Å². The molecule has 5 nitrogen and oxygen atoms in total. The monoisotopic (exact) mass is 247 g/mol. The Kier molecular flexibility index (Phi) is 2.81. The summed E-state index contributed by atoms with van der Waals surface area (Å²) >= 11 is 0. The molecule has 0 amide bonds. The van der Waals surface area contributed by atoms with Gasteiger partial charge in [-0.3, -0.25) is 0 Å². The van der Waals surface area contributed by atoms with Gasteiger partial charge in [-0.15, -0.1) is 0 Å². The molecule has 2 aromatic heterocycles. The van der Waals surface area contributed by atoms with Crippen LogP contribution in [0.1, 0.15) is 18.2 Å². The highest BCUT2D eigenvalue weighted by atomic mass is 16.5. The quantitative estimate of drug-likeness (QED) is 0.838. The van der Waals surface area contributed by atoms with E-state index in [1.54, 1.807) is 0 Å². The lowest BCUT2D eigenvalue weighted by Gasteiger charge is -2.30. The second kappa shape index (κ2) is 4.35. The Morgan fingerprint density at radius 2 is 2.44 bits per heavy atom. The lowest BCUT2D eigenvalue weighted by Crippen LogP contribution is -2.37. The number of rotatable bonds is 3. The van der Waals surface area contributed by atoms with Crippen LogP contribution in [-0.2, 0) is 4.74 Å². The summed E-state index contributed by atoms with van der Waals surface area (Å²) in [7, 11) is 0. The highest BCUT2D eigenvalue weighted by molar-refractivity contribution is 5.40. The zero-order valence-corrected chi connectivity index (χ0v) is 10.1. The first kappa shape index (κ1) is 11.6. The molecule has 3 N–H and O–H groups in total. The van der Waals surface area contributed by atoms with Crippen LogP contribution < -0.4 is 5.73 Å². The van der Waals surface area contributed by atoms with Gasteiger partial charge in [0.2, 0.25) is 0 Å². The predicted octanol–water partition coefficient (Wildman–Crippen LogP) is 0.733.